The van der Waals surface area contributed by atoms with Crippen molar-refractivity contribution in [1.29, 1.82) is 0 Å². The summed E-state index contributed by atoms with van der Waals surface area (Å²) < 4.78 is 11.3. The van der Waals surface area contributed by atoms with Gasteiger partial charge in [-0.05, 0) is 61.5 Å². The van der Waals surface area contributed by atoms with Gasteiger partial charge in [0.2, 0.25) is 0 Å². The van der Waals surface area contributed by atoms with E-state index in [4.69, 9.17) is 14.5 Å². The van der Waals surface area contributed by atoms with Crippen LogP contribution in [0.25, 0.3) is 0 Å². The largest absolute Gasteiger partial charge is 0.381 e. The van der Waals surface area contributed by atoms with Crippen LogP contribution in [0, 0.1) is 5.41 Å². The maximum atomic E-state index is 13.9. The number of aliphatic imine (C=N–C) groups is 1. The van der Waals surface area contributed by atoms with Gasteiger partial charge in [0.1, 0.15) is 0 Å². The molecule has 3 aliphatic rings. The van der Waals surface area contributed by atoms with Gasteiger partial charge in [-0.2, -0.15) is 0 Å². The lowest BCUT2D eigenvalue weighted by Gasteiger charge is -2.45. The van der Waals surface area contributed by atoms with Crippen LogP contribution >= 0.6 is 11.8 Å². The van der Waals surface area contributed by atoms with Crippen molar-refractivity contribution in [3.63, 3.8) is 0 Å². The Balaban J connectivity index is 1.83. The number of amidine groups is 1. The maximum absolute atomic E-state index is 13.9. The number of rotatable bonds is 5. The van der Waals surface area contributed by atoms with Gasteiger partial charge in [0.25, 0.3) is 5.91 Å². The van der Waals surface area contributed by atoms with Crippen LogP contribution in [0.3, 0.4) is 0 Å². The molecule has 2 spiro atoms. The number of thioether (sulfide) groups is 1. The first-order valence-corrected chi connectivity index (χ1v) is 11.7. The van der Waals surface area contributed by atoms with Gasteiger partial charge in [-0.15, -0.1) is 0 Å². The first-order chi connectivity index (χ1) is 14.0. The van der Waals surface area contributed by atoms with E-state index < -0.39 is 5.54 Å². The SMILES string of the molecule is CCOCc1ccc2c(c1)C1(N=C(SCC)N(C)C1=O)C1(CCC(OC)CC1)C2. The highest BCUT2D eigenvalue weighted by Gasteiger charge is 2.66. The molecule has 1 saturated carbocycles. The average molecular weight is 417 g/mol. The lowest BCUT2D eigenvalue weighted by molar-refractivity contribution is -0.137. The van der Waals surface area contributed by atoms with Gasteiger partial charge in [0.15, 0.2) is 10.7 Å². The summed E-state index contributed by atoms with van der Waals surface area (Å²) >= 11 is 1.66. The Morgan fingerprint density at radius 2 is 2.03 bits per heavy atom. The minimum absolute atomic E-state index is 0.136. The zero-order chi connectivity index (χ0) is 20.6. The smallest absolute Gasteiger partial charge is 0.261 e. The Morgan fingerprint density at radius 1 is 1.28 bits per heavy atom. The van der Waals surface area contributed by atoms with E-state index in [0.29, 0.717) is 13.2 Å². The molecule has 1 heterocycles. The van der Waals surface area contributed by atoms with E-state index in [9.17, 15) is 4.79 Å². The number of methoxy groups -OCH3 is 1. The second-order valence-corrected chi connectivity index (χ2v) is 9.65. The second kappa shape index (κ2) is 8.05. The lowest BCUT2D eigenvalue weighted by atomic mass is 9.61. The van der Waals surface area contributed by atoms with Gasteiger partial charge in [-0.3, -0.25) is 9.69 Å². The maximum Gasteiger partial charge on any atom is 0.261 e. The third-order valence-corrected chi connectivity index (χ3v) is 7.91. The fraction of sp³-hybridized carbons (Fsp3) is 0.652. The number of ether oxygens (including phenoxy) is 2. The molecule has 158 valence electrons. The minimum Gasteiger partial charge on any atom is -0.381 e. The number of likely N-dealkylation sites (N-methyl/N-ethyl adjacent to an activating group) is 1. The molecule has 4 rings (SSSR count). The monoisotopic (exact) mass is 416 g/mol. The van der Waals surface area contributed by atoms with Crippen molar-refractivity contribution in [1.82, 2.24) is 4.90 Å². The second-order valence-electron chi connectivity index (χ2n) is 8.42. The summed E-state index contributed by atoms with van der Waals surface area (Å²) in [5.74, 6) is 1.04. The van der Waals surface area contributed by atoms with Crippen molar-refractivity contribution in [2.75, 3.05) is 26.5 Å². The Bertz CT molecular complexity index is 816. The summed E-state index contributed by atoms with van der Waals surface area (Å²) in [5, 5.41) is 0.855. The lowest BCUT2D eigenvalue weighted by Crippen LogP contribution is -2.51. The quantitative estimate of drug-likeness (QED) is 0.724. The van der Waals surface area contributed by atoms with Crippen LogP contribution < -0.4 is 0 Å². The molecule has 0 N–H and O–H groups in total. The molecule has 5 nitrogen and oxygen atoms in total. The van der Waals surface area contributed by atoms with Crippen molar-refractivity contribution in [3.05, 3.63) is 34.9 Å². The van der Waals surface area contributed by atoms with E-state index in [1.165, 1.54) is 5.56 Å². The molecule has 1 fully saturated rings. The highest BCUT2D eigenvalue weighted by Crippen LogP contribution is 2.62. The standard InChI is InChI=1S/C23H32N2O3S/c1-5-28-15-16-7-8-17-14-22(11-9-18(27-4)10-12-22)23(19(17)13-16)20(26)25(3)21(24-23)29-6-2/h7-8,13,18H,5-6,9-12,14-15H2,1-4H3. The molecule has 6 heteroatoms. The fourth-order valence-electron chi connectivity index (χ4n) is 5.50. The molecule has 0 radical (unpaired) electrons. The van der Waals surface area contributed by atoms with Crippen molar-refractivity contribution in [3.8, 4) is 0 Å². The topological polar surface area (TPSA) is 51.1 Å². The summed E-state index contributed by atoms with van der Waals surface area (Å²) in [7, 11) is 3.68. The first-order valence-electron chi connectivity index (χ1n) is 10.7. The Hall–Kier alpha value is -1.37. The average Bonchev–Trinajstić information content (AvgIpc) is 3.15. The molecule has 1 amide bonds. The normalized spacial score (nSPS) is 31.0. The van der Waals surface area contributed by atoms with Crippen molar-refractivity contribution < 1.29 is 14.3 Å². The van der Waals surface area contributed by atoms with E-state index in [1.54, 1.807) is 23.8 Å². The van der Waals surface area contributed by atoms with Crippen LogP contribution in [0.15, 0.2) is 23.2 Å². The molecule has 1 aromatic rings. The van der Waals surface area contributed by atoms with Crippen LogP contribution in [-0.2, 0) is 32.8 Å². The highest BCUT2D eigenvalue weighted by molar-refractivity contribution is 8.13. The molecule has 1 aromatic carbocycles. The number of nitrogens with zero attached hydrogens (tertiary/aromatic N) is 2. The Labute approximate surface area is 178 Å². The molecule has 29 heavy (non-hydrogen) atoms. The molecule has 0 aromatic heterocycles. The summed E-state index contributed by atoms with van der Waals surface area (Å²) in [6.45, 7) is 5.37. The van der Waals surface area contributed by atoms with E-state index in [1.807, 2.05) is 14.0 Å². The molecular weight excluding hydrogens is 384 g/mol. The molecule has 1 unspecified atom stereocenters. The molecule has 0 bridgehead atoms. The number of fused-ring (bicyclic) bond motifs is 3. The van der Waals surface area contributed by atoms with Gasteiger partial charge in [0, 0.05) is 26.2 Å². The summed E-state index contributed by atoms with van der Waals surface area (Å²) in [6, 6.07) is 6.55. The number of hydrogen-bond donors (Lipinski definition) is 0. The third kappa shape index (κ3) is 3.15. The Morgan fingerprint density at radius 3 is 2.69 bits per heavy atom. The third-order valence-electron chi connectivity index (χ3n) is 6.99. The van der Waals surface area contributed by atoms with Crippen molar-refractivity contribution in [2.24, 2.45) is 10.4 Å². The first kappa shape index (κ1) is 20.9. The number of amides is 1. The minimum atomic E-state index is -0.796. The molecule has 1 aliphatic heterocycles. The van der Waals surface area contributed by atoms with Gasteiger partial charge >= 0.3 is 0 Å². The van der Waals surface area contributed by atoms with Gasteiger partial charge in [0.05, 0.1) is 12.7 Å². The number of carbonyl (C=O) groups is 1. The van der Waals surface area contributed by atoms with Gasteiger partial charge in [-0.1, -0.05) is 36.9 Å². The zero-order valence-corrected chi connectivity index (χ0v) is 18.8. The zero-order valence-electron chi connectivity index (χ0n) is 18.0. The number of benzene rings is 1. The molecule has 0 saturated heterocycles. The van der Waals surface area contributed by atoms with Gasteiger partial charge in [-0.25, -0.2) is 4.99 Å². The Kier molecular flexibility index (Phi) is 5.79. The van der Waals surface area contributed by atoms with Crippen LogP contribution in [-0.4, -0.2) is 48.6 Å². The van der Waals surface area contributed by atoms with Crippen LogP contribution in [0.1, 0.15) is 56.2 Å². The molecular formula is C23H32N2O3S. The van der Waals surface area contributed by atoms with Crippen LogP contribution in [0.5, 0.6) is 0 Å². The summed E-state index contributed by atoms with van der Waals surface area (Å²) in [5.41, 5.74) is 2.55. The van der Waals surface area contributed by atoms with E-state index in [0.717, 1.165) is 54.2 Å². The summed E-state index contributed by atoms with van der Waals surface area (Å²) in [4.78, 5) is 20.9. The van der Waals surface area contributed by atoms with E-state index in [-0.39, 0.29) is 17.4 Å². The van der Waals surface area contributed by atoms with Crippen molar-refractivity contribution >= 4 is 22.8 Å². The van der Waals surface area contributed by atoms with Crippen molar-refractivity contribution in [2.45, 2.75) is 64.2 Å². The predicted molar refractivity (Wildman–Crippen MR) is 117 cm³/mol. The number of carbonyl (C=O) groups excluding carboxylic acids is 1. The fourth-order valence-corrected chi connectivity index (χ4v) is 6.23. The van der Waals surface area contributed by atoms with Crippen LogP contribution in [0.4, 0.5) is 0 Å². The van der Waals surface area contributed by atoms with E-state index >= 15 is 0 Å². The summed E-state index contributed by atoms with van der Waals surface area (Å²) in [6.07, 6.45) is 5.11. The van der Waals surface area contributed by atoms with Gasteiger partial charge < -0.3 is 9.47 Å². The molecule has 1 atom stereocenters. The highest BCUT2D eigenvalue weighted by atomic mass is 32.2. The molecule has 2 aliphatic carbocycles. The number of hydrogen-bond acceptors (Lipinski definition) is 5. The predicted octanol–water partition coefficient (Wildman–Crippen LogP) is 4.13. The van der Waals surface area contributed by atoms with E-state index in [2.05, 4.69) is 25.1 Å². The van der Waals surface area contributed by atoms with Crippen LogP contribution in [0.2, 0.25) is 0 Å².